The van der Waals surface area contributed by atoms with Gasteiger partial charge in [0.2, 0.25) is 0 Å². The van der Waals surface area contributed by atoms with Crippen LogP contribution in [0.1, 0.15) is 188 Å². The number of benzene rings is 4. The molecule has 434 valence electrons. The van der Waals surface area contributed by atoms with Gasteiger partial charge in [0.15, 0.2) is 0 Å². The Bertz CT molecular complexity index is 2320. The average Bonchev–Trinajstić information content (AvgIpc) is 4.38. The predicted octanol–water partition coefficient (Wildman–Crippen LogP) is 18.0. The third kappa shape index (κ3) is 28.8. The fraction of sp³-hybridized carbons (Fsp3) is 0.440. The van der Waals surface area contributed by atoms with Crippen LogP contribution in [0.3, 0.4) is 0 Å². The minimum Gasteiger partial charge on any atom is 1.00 e. The standard InChI is InChI=1S/2C12H18.2C12H14.2C9H8.C4H10O.C3H7I.2CH3.2ClH.2Li.Zr/c4*1-2-5-10-8-9-11-6-3-4-7-12(10)11;2*1-2-5-9-7-3-6-8(9)4-1;1-3-5-4-2;1-2-3-4;;;;;;;/h2*3-4,6-7,10-12H,2,5,8-9H2,1H3;2*3-4,6-10H,2,5H2,1H3;2*1-6H,7H2;3-4H2,1-2H3;2-3H2,1H3;2*1H3;2*1H;;;/q;;;;;;;;2*-1;;;2*+1;+4/p-2. The minimum absolute atomic E-state index is 0. The van der Waals surface area contributed by atoms with Crippen molar-refractivity contribution >= 4 is 63.9 Å². The minimum atomic E-state index is -0.826. The van der Waals surface area contributed by atoms with Gasteiger partial charge in [-0.2, -0.15) is 0 Å². The van der Waals surface area contributed by atoms with Crippen molar-refractivity contribution in [2.24, 2.45) is 35.5 Å². The van der Waals surface area contributed by atoms with Gasteiger partial charge in [-0.25, -0.2) is 0 Å². The maximum Gasteiger partial charge on any atom is 1.00 e. The Hall–Kier alpha value is -1.85. The van der Waals surface area contributed by atoms with E-state index in [0.29, 0.717) is 11.8 Å². The molecule has 0 saturated heterocycles. The van der Waals surface area contributed by atoms with Gasteiger partial charge >= 0.3 is 75.6 Å². The smallest absolute Gasteiger partial charge is 1.00 e. The summed E-state index contributed by atoms with van der Waals surface area (Å²) < 4.78 is 6.12. The first kappa shape index (κ1) is 80.1. The molecule has 12 rings (SSSR count). The Morgan fingerprint density at radius 3 is 1.11 bits per heavy atom. The van der Waals surface area contributed by atoms with E-state index in [9.17, 15) is 0 Å². The Balaban J connectivity index is 0.000000917. The van der Waals surface area contributed by atoms with Crippen molar-refractivity contribution in [2.75, 3.05) is 17.6 Å². The number of allylic oxidation sites excluding steroid dienone is 12. The summed E-state index contributed by atoms with van der Waals surface area (Å²) in [6.07, 6.45) is 56.4. The van der Waals surface area contributed by atoms with E-state index < -0.39 is 20.8 Å². The van der Waals surface area contributed by atoms with Crippen LogP contribution in [0.15, 0.2) is 170 Å². The fourth-order valence-corrected chi connectivity index (χ4v) is 11.9. The van der Waals surface area contributed by atoms with Gasteiger partial charge in [0.25, 0.3) is 0 Å². The first-order valence-corrected chi connectivity index (χ1v) is 38.0. The van der Waals surface area contributed by atoms with Gasteiger partial charge in [-0.1, -0.05) is 290 Å². The Morgan fingerprint density at radius 2 is 0.780 bits per heavy atom. The molecule has 0 heterocycles. The van der Waals surface area contributed by atoms with E-state index in [1.165, 1.54) is 132 Å². The number of halogens is 3. The summed E-state index contributed by atoms with van der Waals surface area (Å²) in [6, 6.07) is 34.4. The van der Waals surface area contributed by atoms with Crippen molar-refractivity contribution in [3.8, 4) is 0 Å². The molecule has 8 aliphatic carbocycles. The van der Waals surface area contributed by atoms with Crippen molar-refractivity contribution in [2.45, 2.75) is 157 Å². The SMILES string of the molecule is C1=Cc2ccccc2C1.C1=Cc2ccccc2C1.CCCC1C=Cc2ccccc21.CCCC1C=Cc2ccccc21.CCCC1CCC2C=CC=CC21.CCCC1CCC2C=CC=CC21.CCCI.CCOCC.[CH3-].[CH3-].[Cl][Zr+2][Cl].[Li+].[Li+]. The topological polar surface area (TPSA) is 9.23 Å². The Labute approximate surface area is 560 Å². The third-order valence-electron chi connectivity index (χ3n) is 15.7. The molecule has 4 aromatic carbocycles. The van der Waals surface area contributed by atoms with Gasteiger partial charge in [0.05, 0.1) is 0 Å². The first-order chi connectivity index (χ1) is 38.3. The molecular formula is C75H103Cl2ILi2OZr+2. The number of hydrogen-bond donors (Lipinski definition) is 0. The molecule has 4 aromatic rings. The van der Waals surface area contributed by atoms with Gasteiger partial charge in [0.1, 0.15) is 0 Å². The molecule has 8 unspecified atom stereocenters. The van der Waals surface area contributed by atoms with Crippen LogP contribution >= 0.6 is 39.6 Å². The summed E-state index contributed by atoms with van der Waals surface area (Å²) in [6.45, 7) is 16.9. The molecule has 0 amide bonds. The van der Waals surface area contributed by atoms with E-state index in [-0.39, 0.29) is 52.6 Å². The predicted molar refractivity (Wildman–Crippen MR) is 366 cm³/mol. The number of ether oxygens (including phenoxy) is 1. The van der Waals surface area contributed by atoms with Crippen molar-refractivity contribution < 1.29 is 63.3 Å². The van der Waals surface area contributed by atoms with Crippen LogP contribution in [0.25, 0.3) is 24.3 Å². The van der Waals surface area contributed by atoms with Gasteiger partial charge in [0, 0.05) is 25.0 Å². The van der Waals surface area contributed by atoms with E-state index in [1.807, 2.05) is 13.8 Å². The van der Waals surface area contributed by atoms with Crippen molar-refractivity contribution in [1.82, 2.24) is 0 Å². The maximum atomic E-state index is 4.93. The molecular weight excluding hydrogens is 1220 g/mol. The van der Waals surface area contributed by atoms with E-state index in [4.69, 9.17) is 21.8 Å². The average molecular weight is 1320 g/mol. The fourth-order valence-electron chi connectivity index (χ4n) is 11.9. The van der Waals surface area contributed by atoms with E-state index in [0.717, 1.165) is 61.6 Å². The summed E-state index contributed by atoms with van der Waals surface area (Å²) in [7, 11) is 9.87. The van der Waals surface area contributed by atoms with Gasteiger partial charge in [-0.3, -0.25) is 0 Å². The van der Waals surface area contributed by atoms with E-state index in [1.54, 1.807) is 0 Å². The number of alkyl halides is 1. The van der Waals surface area contributed by atoms with Crippen LogP contribution in [-0.2, 0) is 38.4 Å². The molecule has 2 fully saturated rings. The molecule has 0 bridgehead atoms. The summed E-state index contributed by atoms with van der Waals surface area (Å²) in [5, 5.41) is 0. The molecule has 0 radical (unpaired) electrons. The maximum absolute atomic E-state index is 4.93. The molecule has 8 atom stereocenters. The van der Waals surface area contributed by atoms with Crippen LogP contribution in [0.2, 0.25) is 0 Å². The zero-order valence-electron chi connectivity index (χ0n) is 52.9. The van der Waals surface area contributed by atoms with Crippen LogP contribution in [0, 0.1) is 50.4 Å². The summed E-state index contributed by atoms with van der Waals surface area (Å²) in [4.78, 5) is 0. The number of hydrogen-bond acceptors (Lipinski definition) is 1. The largest absolute Gasteiger partial charge is 1.00 e. The Kier molecular flexibility index (Phi) is 49.0. The van der Waals surface area contributed by atoms with Gasteiger partial charge < -0.3 is 19.6 Å². The zero-order valence-corrected chi connectivity index (χ0v) is 59.0. The second-order valence-electron chi connectivity index (χ2n) is 21.2. The van der Waals surface area contributed by atoms with Crippen molar-refractivity contribution in [1.29, 1.82) is 0 Å². The number of rotatable bonds is 11. The number of fused-ring (bicyclic) bond motifs is 6. The molecule has 0 N–H and O–H groups in total. The van der Waals surface area contributed by atoms with Crippen LogP contribution < -0.4 is 37.7 Å². The van der Waals surface area contributed by atoms with Crippen LogP contribution in [0.4, 0.5) is 0 Å². The Morgan fingerprint density at radius 1 is 0.439 bits per heavy atom. The zero-order chi connectivity index (χ0) is 56.0. The first-order valence-electron chi connectivity index (χ1n) is 30.2. The molecule has 0 spiro atoms. The summed E-state index contributed by atoms with van der Waals surface area (Å²) in [5.74, 6) is 6.88. The molecule has 0 aliphatic heterocycles. The summed E-state index contributed by atoms with van der Waals surface area (Å²) >= 11 is 1.53. The molecule has 2 saturated carbocycles. The molecule has 7 heteroatoms. The second kappa shape index (κ2) is 50.2. The van der Waals surface area contributed by atoms with Crippen molar-refractivity contribution in [3.63, 3.8) is 0 Å². The van der Waals surface area contributed by atoms with Gasteiger partial charge in [-0.15, -0.1) is 0 Å². The summed E-state index contributed by atoms with van der Waals surface area (Å²) in [5.41, 5.74) is 11.5. The normalized spacial score (nSPS) is 21.0. The molecule has 82 heavy (non-hydrogen) atoms. The molecule has 0 aromatic heterocycles. The third-order valence-corrected chi connectivity index (χ3v) is 16.8. The molecule has 1 nitrogen and oxygen atoms in total. The van der Waals surface area contributed by atoms with Crippen LogP contribution in [0.5, 0.6) is 0 Å². The van der Waals surface area contributed by atoms with E-state index >= 15 is 0 Å². The van der Waals surface area contributed by atoms with E-state index in [2.05, 4.69) is 251 Å². The van der Waals surface area contributed by atoms with Crippen molar-refractivity contribution in [3.05, 3.63) is 229 Å². The molecule has 8 aliphatic rings. The van der Waals surface area contributed by atoms with Gasteiger partial charge in [-0.05, 0) is 156 Å². The monoisotopic (exact) mass is 1320 g/mol. The second-order valence-corrected chi connectivity index (χ2v) is 26.0. The quantitative estimate of drug-likeness (QED) is 0.0629. The van der Waals surface area contributed by atoms with Crippen LogP contribution in [-0.4, -0.2) is 17.6 Å².